The minimum Gasteiger partial charge on any atom is -0.496 e. The van der Waals surface area contributed by atoms with Gasteiger partial charge in [0.05, 0.1) is 12.8 Å². The molecule has 130 valence electrons. The van der Waals surface area contributed by atoms with Crippen LogP contribution in [-0.4, -0.2) is 25.6 Å². The van der Waals surface area contributed by atoms with Crippen LogP contribution in [0.2, 0.25) is 0 Å². The van der Waals surface area contributed by atoms with Gasteiger partial charge in [-0.1, -0.05) is 24.3 Å². The Bertz CT molecular complexity index is 802. The number of nitrogens with one attached hydrogen (secondary N) is 1. The van der Waals surface area contributed by atoms with Crippen molar-refractivity contribution in [1.82, 2.24) is 0 Å². The number of hydrogen-bond acceptors (Lipinski definition) is 4. The van der Waals surface area contributed by atoms with E-state index in [4.69, 9.17) is 9.47 Å². The van der Waals surface area contributed by atoms with E-state index < -0.39 is 24.3 Å². The van der Waals surface area contributed by atoms with Gasteiger partial charge in [0.25, 0.3) is 5.91 Å². The van der Waals surface area contributed by atoms with Gasteiger partial charge in [0, 0.05) is 11.6 Å². The first-order chi connectivity index (χ1) is 12.0. The lowest BCUT2D eigenvalue weighted by Crippen LogP contribution is -2.20. The Balaban J connectivity index is 1.87. The van der Waals surface area contributed by atoms with E-state index in [0.29, 0.717) is 11.3 Å². The second-order valence-electron chi connectivity index (χ2n) is 5.21. The number of para-hydroxylation sites is 1. The second kappa shape index (κ2) is 8.63. The average Bonchev–Trinajstić information content (AvgIpc) is 2.60. The molecule has 0 unspecified atom stereocenters. The Labute approximate surface area is 145 Å². The van der Waals surface area contributed by atoms with Gasteiger partial charge in [-0.05, 0) is 36.8 Å². The summed E-state index contributed by atoms with van der Waals surface area (Å²) in [6, 6.07) is 11.6. The summed E-state index contributed by atoms with van der Waals surface area (Å²) < 4.78 is 23.6. The molecule has 5 nitrogen and oxygen atoms in total. The average molecular weight is 343 g/mol. The summed E-state index contributed by atoms with van der Waals surface area (Å²) in [5, 5.41) is 2.35. The Morgan fingerprint density at radius 2 is 1.96 bits per heavy atom. The van der Waals surface area contributed by atoms with Crippen LogP contribution in [-0.2, 0) is 14.3 Å². The number of anilines is 1. The van der Waals surface area contributed by atoms with Crippen molar-refractivity contribution in [3.63, 3.8) is 0 Å². The number of esters is 1. The van der Waals surface area contributed by atoms with Crippen LogP contribution in [0.15, 0.2) is 48.5 Å². The summed E-state index contributed by atoms with van der Waals surface area (Å²) >= 11 is 0. The third-order valence-corrected chi connectivity index (χ3v) is 3.28. The SMILES string of the molecule is COc1ccccc1/C=C/C(=O)OCC(=O)Nc1ccc(C)cc1F. The van der Waals surface area contributed by atoms with Crippen LogP contribution in [0.5, 0.6) is 5.75 Å². The molecule has 6 heteroatoms. The van der Waals surface area contributed by atoms with Crippen LogP contribution in [0, 0.1) is 12.7 Å². The second-order valence-corrected chi connectivity index (χ2v) is 5.21. The third-order valence-electron chi connectivity index (χ3n) is 3.28. The van der Waals surface area contributed by atoms with Gasteiger partial charge in [-0.2, -0.15) is 0 Å². The van der Waals surface area contributed by atoms with Gasteiger partial charge in [-0.25, -0.2) is 9.18 Å². The predicted molar refractivity (Wildman–Crippen MR) is 92.8 cm³/mol. The van der Waals surface area contributed by atoms with E-state index in [-0.39, 0.29) is 5.69 Å². The molecule has 0 aliphatic heterocycles. The summed E-state index contributed by atoms with van der Waals surface area (Å²) in [6.45, 7) is 1.23. The number of benzene rings is 2. The Morgan fingerprint density at radius 1 is 1.20 bits per heavy atom. The zero-order valence-electron chi connectivity index (χ0n) is 13.9. The first-order valence-electron chi connectivity index (χ1n) is 7.53. The number of methoxy groups -OCH3 is 1. The Kier molecular flexibility index (Phi) is 6.28. The molecule has 1 N–H and O–H groups in total. The highest BCUT2D eigenvalue weighted by molar-refractivity contribution is 5.94. The number of carbonyl (C=O) groups is 2. The largest absolute Gasteiger partial charge is 0.496 e. The monoisotopic (exact) mass is 343 g/mol. The fraction of sp³-hybridized carbons (Fsp3) is 0.158. The molecule has 0 aromatic heterocycles. The van der Waals surface area contributed by atoms with Crippen molar-refractivity contribution in [3.05, 3.63) is 65.5 Å². The van der Waals surface area contributed by atoms with Crippen molar-refractivity contribution < 1.29 is 23.5 Å². The van der Waals surface area contributed by atoms with Gasteiger partial charge < -0.3 is 14.8 Å². The molecule has 0 aliphatic carbocycles. The number of amides is 1. The molecule has 0 saturated heterocycles. The van der Waals surface area contributed by atoms with Crippen LogP contribution in [0.1, 0.15) is 11.1 Å². The quantitative estimate of drug-likeness (QED) is 0.645. The highest BCUT2D eigenvalue weighted by Gasteiger charge is 2.09. The zero-order chi connectivity index (χ0) is 18.2. The lowest BCUT2D eigenvalue weighted by Gasteiger charge is -2.07. The lowest BCUT2D eigenvalue weighted by molar-refractivity contribution is -0.142. The number of aryl methyl sites for hydroxylation is 1. The molecule has 25 heavy (non-hydrogen) atoms. The Hall–Kier alpha value is -3.15. The molecular formula is C19H18FNO4. The van der Waals surface area contributed by atoms with Crippen LogP contribution in [0.4, 0.5) is 10.1 Å². The number of halogens is 1. The summed E-state index contributed by atoms with van der Waals surface area (Å²) in [6.07, 6.45) is 2.72. The van der Waals surface area contributed by atoms with Crippen molar-refractivity contribution in [2.45, 2.75) is 6.92 Å². The maximum Gasteiger partial charge on any atom is 0.331 e. The minimum absolute atomic E-state index is 0.0382. The maximum atomic E-state index is 13.6. The van der Waals surface area contributed by atoms with Gasteiger partial charge in [0.1, 0.15) is 11.6 Å². The minimum atomic E-state index is -0.689. The van der Waals surface area contributed by atoms with Crippen molar-refractivity contribution in [3.8, 4) is 5.75 Å². The first kappa shape index (κ1) is 18.2. The third kappa shape index (κ3) is 5.46. The summed E-state index contributed by atoms with van der Waals surface area (Å²) in [5.74, 6) is -1.25. The molecule has 0 bridgehead atoms. The summed E-state index contributed by atoms with van der Waals surface area (Å²) in [4.78, 5) is 23.4. The first-order valence-corrected chi connectivity index (χ1v) is 7.53. The topological polar surface area (TPSA) is 64.6 Å². The van der Waals surface area contributed by atoms with Crippen LogP contribution >= 0.6 is 0 Å². The number of carbonyl (C=O) groups excluding carboxylic acids is 2. The molecular weight excluding hydrogens is 325 g/mol. The molecule has 0 spiro atoms. The normalized spacial score (nSPS) is 10.5. The van der Waals surface area contributed by atoms with Crippen molar-refractivity contribution in [1.29, 1.82) is 0 Å². The fourth-order valence-electron chi connectivity index (χ4n) is 2.05. The molecule has 2 aromatic carbocycles. The van der Waals surface area contributed by atoms with Crippen LogP contribution in [0.3, 0.4) is 0 Å². The predicted octanol–water partition coefficient (Wildman–Crippen LogP) is 3.34. The fourth-order valence-corrected chi connectivity index (χ4v) is 2.05. The highest BCUT2D eigenvalue weighted by Crippen LogP contribution is 2.18. The molecule has 0 aliphatic rings. The zero-order valence-corrected chi connectivity index (χ0v) is 13.9. The molecule has 0 atom stereocenters. The molecule has 2 aromatic rings. The van der Waals surface area contributed by atoms with Crippen molar-refractivity contribution in [2.24, 2.45) is 0 Å². The van der Waals surface area contributed by atoms with Gasteiger partial charge in [0.15, 0.2) is 6.61 Å². The standard InChI is InChI=1S/C19H18FNO4/c1-13-7-9-16(15(20)11-13)21-18(22)12-25-19(23)10-8-14-5-3-4-6-17(14)24-2/h3-11H,12H2,1-2H3,(H,21,22)/b10-8+. The molecule has 0 radical (unpaired) electrons. The van der Waals surface area contributed by atoms with Crippen LogP contribution in [0.25, 0.3) is 6.08 Å². The molecule has 0 heterocycles. The van der Waals surface area contributed by atoms with Crippen molar-refractivity contribution in [2.75, 3.05) is 19.0 Å². The molecule has 1 amide bonds. The van der Waals surface area contributed by atoms with Crippen LogP contribution < -0.4 is 10.1 Å². The van der Waals surface area contributed by atoms with E-state index in [9.17, 15) is 14.0 Å². The van der Waals surface area contributed by atoms with E-state index in [1.165, 1.54) is 31.4 Å². The van der Waals surface area contributed by atoms with Gasteiger partial charge in [-0.15, -0.1) is 0 Å². The van der Waals surface area contributed by atoms with E-state index in [0.717, 1.165) is 5.56 Å². The summed E-state index contributed by atoms with van der Waals surface area (Å²) in [5.41, 5.74) is 1.48. The number of hydrogen-bond donors (Lipinski definition) is 1. The highest BCUT2D eigenvalue weighted by atomic mass is 19.1. The number of ether oxygens (including phenoxy) is 2. The smallest absolute Gasteiger partial charge is 0.331 e. The van der Waals surface area contributed by atoms with E-state index in [1.807, 2.05) is 6.07 Å². The number of rotatable bonds is 6. The van der Waals surface area contributed by atoms with E-state index in [1.54, 1.807) is 31.2 Å². The van der Waals surface area contributed by atoms with E-state index >= 15 is 0 Å². The van der Waals surface area contributed by atoms with Crippen molar-refractivity contribution >= 4 is 23.6 Å². The molecule has 2 rings (SSSR count). The van der Waals surface area contributed by atoms with Gasteiger partial charge in [0.2, 0.25) is 0 Å². The summed E-state index contributed by atoms with van der Waals surface area (Å²) in [7, 11) is 1.53. The molecule has 0 fully saturated rings. The lowest BCUT2D eigenvalue weighted by atomic mass is 10.2. The van der Waals surface area contributed by atoms with E-state index in [2.05, 4.69) is 5.32 Å². The van der Waals surface area contributed by atoms with Gasteiger partial charge in [-0.3, -0.25) is 4.79 Å². The molecule has 0 saturated carbocycles. The Morgan fingerprint density at radius 3 is 2.68 bits per heavy atom. The van der Waals surface area contributed by atoms with Gasteiger partial charge >= 0.3 is 5.97 Å². The maximum absolute atomic E-state index is 13.6.